The zero-order valence-corrected chi connectivity index (χ0v) is 13.0. The Morgan fingerprint density at radius 2 is 1.48 bits per heavy atom. The summed E-state index contributed by atoms with van der Waals surface area (Å²) < 4.78 is 40.2. The monoisotopic (exact) mass is 347 g/mol. The maximum atomic E-state index is 12.1. The zero-order valence-electron chi connectivity index (χ0n) is 13.0. The molecule has 3 rings (SSSR count). The Hall–Kier alpha value is -3.09. The summed E-state index contributed by atoms with van der Waals surface area (Å²) in [6, 6.07) is 12.0. The summed E-state index contributed by atoms with van der Waals surface area (Å²) in [5, 5.41) is 2.78. The van der Waals surface area contributed by atoms with Crippen LogP contribution in [0.25, 0.3) is 11.1 Å². The largest absolute Gasteiger partial charge is 0.573 e. The lowest BCUT2D eigenvalue weighted by Gasteiger charge is -2.14. The molecule has 0 aromatic heterocycles. The van der Waals surface area contributed by atoms with Crippen LogP contribution in [0.15, 0.2) is 58.1 Å². The van der Waals surface area contributed by atoms with E-state index >= 15 is 0 Å². The van der Waals surface area contributed by atoms with Gasteiger partial charge in [0.05, 0.1) is 5.56 Å². The summed E-state index contributed by atoms with van der Waals surface area (Å²) in [5.74, 6) is -0.373. The SMILES string of the molecule is Cc1ccc(-c2c(Nc3ccc(OC(F)(F)F)cc3)c(=O)c2=O)cc1. The molecule has 0 aliphatic heterocycles. The molecule has 0 bridgehead atoms. The van der Waals surface area contributed by atoms with Crippen LogP contribution >= 0.6 is 0 Å². The molecule has 0 heterocycles. The topological polar surface area (TPSA) is 55.4 Å². The van der Waals surface area contributed by atoms with Gasteiger partial charge in [-0.25, -0.2) is 0 Å². The highest BCUT2D eigenvalue weighted by atomic mass is 19.4. The molecule has 0 fully saturated rings. The fraction of sp³-hybridized carbons (Fsp3) is 0.111. The van der Waals surface area contributed by atoms with Gasteiger partial charge in [0, 0.05) is 5.69 Å². The minimum absolute atomic E-state index is 0.123. The molecule has 0 saturated carbocycles. The Bertz CT molecular complexity index is 967. The van der Waals surface area contributed by atoms with Crippen molar-refractivity contribution in [3.8, 4) is 16.9 Å². The molecule has 0 amide bonds. The number of benzene rings is 2. The van der Waals surface area contributed by atoms with Gasteiger partial charge in [-0.3, -0.25) is 9.59 Å². The summed E-state index contributed by atoms with van der Waals surface area (Å²) in [4.78, 5) is 23.7. The van der Waals surface area contributed by atoms with E-state index in [0.29, 0.717) is 11.3 Å². The number of nitrogens with one attached hydrogen (secondary N) is 1. The molecule has 128 valence electrons. The first-order valence-electron chi connectivity index (χ1n) is 7.28. The van der Waals surface area contributed by atoms with Crippen LogP contribution < -0.4 is 20.9 Å². The maximum Gasteiger partial charge on any atom is 0.573 e. The number of aryl methyl sites for hydroxylation is 1. The predicted molar refractivity (Wildman–Crippen MR) is 87.9 cm³/mol. The summed E-state index contributed by atoms with van der Waals surface area (Å²) in [7, 11) is 0. The van der Waals surface area contributed by atoms with Crippen molar-refractivity contribution in [3.05, 3.63) is 74.5 Å². The van der Waals surface area contributed by atoms with E-state index in [2.05, 4.69) is 10.1 Å². The van der Waals surface area contributed by atoms with Crippen molar-refractivity contribution in [1.29, 1.82) is 0 Å². The number of alkyl halides is 3. The van der Waals surface area contributed by atoms with Crippen LogP contribution in [-0.4, -0.2) is 6.36 Å². The molecule has 4 nitrogen and oxygen atoms in total. The third-order valence-corrected chi connectivity index (χ3v) is 3.61. The molecule has 7 heteroatoms. The lowest BCUT2D eigenvalue weighted by atomic mass is 9.97. The minimum Gasteiger partial charge on any atom is -0.406 e. The van der Waals surface area contributed by atoms with E-state index in [1.165, 1.54) is 12.1 Å². The molecule has 0 saturated heterocycles. The van der Waals surface area contributed by atoms with Crippen molar-refractivity contribution in [2.45, 2.75) is 13.3 Å². The summed E-state index contributed by atoms with van der Waals surface area (Å²) >= 11 is 0. The van der Waals surface area contributed by atoms with Gasteiger partial charge in [-0.05, 0) is 36.8 Å². The fourth-order valence-corrected chi connectivity index (χ4v) is 2.39. The van der Waals surface area contributed by atoms with Gasteiger partial charge in [-0.15, -0.1) is 13.2 Å². The normalized spacial score (nSPS) is 11.5. The third kappa shape index (κ3) is 3.55. The number of anilines is 2. The molecule has 0 spiro atoms. The molecular formula is C18H12F3NO3. The van der Waals surface area contributed by atoms with Crippen LogP contribution in [0.1, 0.15) is 5.56 Å². The van der Waals surface area contributed by atoms with Gasteiger partial charge in [-0.1, -0.05) is 29.8 Å². The highest BCUT2D eigenvalue weighted by Gasteiger charge is 2.31. The van der Waals surface area contributed by atoms with Crippen LogP contribution in [0.3, 0.4) is 0 Å². The molecule has 25 heavy (non-hydrogen) atoms. The van der Waals surface area contributed by atoms with E-state index in [9.17, 15) is 22.8 Å². The fourth-order valence-electron chi connectivity index (χ4n) is 2.39. The van der Waals surface area contributed by atoms with Crippen LogP contribution in [0.5, 0.6) is 5.75 Å². The maximum absolute atomic E-state index is 12.1. The number of hydrogen-bond donors (Lipinski definition) is 1. The number of ether oxygens (including phenoxy) is 1. The van der Waals surface area contributed by atoms with E-state index in [1.54, 1.807) is 12.1 Å². The van der Waals surface area contributed by atoms with Crippen molar-refractivity contribution in [1.82, 2.24) is 0 Å². The van der Waals surface area contributed by atoms with E-state index in [1.807, 2.05) is 19.1 Å². The molecule has 0 atom stereocenters. The Kier molecular flexibility index (Phi) is 4.08. The second-order valence-corrected chi connectivity index (χ2v) is 5.47. The summed E-state index contributed by atoms with van der Waals surface area (Å²) in [6.45, 7) is 1.90. The lowest BCUT2D eigenvalue weighted by molar-refractivity contribution is -0.274. The van der Waals surface area contributed by atoms with E-state index in [0.717, 1.165) is 17.7 Å². The van der Waals surface area contributed by atoms with Gasteiger partial charge in [0.2, 0.25) is 5.43 Å². The molecule has 0 radical (unpaired) electrons. The first-order valence-corrected chi connectivity index (χ1v) is 7.28. The van der Waals surface area contributed by atoms with Gasteiger partial charge in [0.1, 0.15) is 11.4 Å². The van der Waals surface area contributed by atoms with Gasteiger partial charge in [0.15, 0.2) is 0 Å². The van der Waals surface area contributed by atoms with E-state index in [-0.39, 0.29) is 17.0 Å². The van der Waals surface area contributed by atoms with Gasteiger partial charge >= 0.3 is 6.36 Å². The average Bonchev–Trinajstić information content (AvgIpc) is 2.56. The molecule has 0 aliphatic rings. The highest BCUT2D eigenvalue weighted by molar-refractivity contribution is 5.84. The molecule has 1 N–H and O–H groups in total. The van der Waals surface area contributed by atoms with Crippen molar-refractivity contribution in [3.63, 3.8) is 0 Å². The molecule has 0 aliphatic carbocycles. The summed E-state index contributed by atoms with van der Waals surface area (Å²) in [6.07, 6.45) is -4.77. The Morgan fingerprint density at radius 1 is 0.880 bits per heavy atom. The van der Waals surface area contributed by atoms with Crippen LogP contribution in [0.2, 0.25) is 0 Å². The van der Waals surface area contributed by atoms with Gasteiger partial charge < -0.3 is 10.1 Å². The Morgan fingerprint density at radius 3 is 2.04 bits per heavy atom. The van der Waals surface area contributed by atoms with Crippen LogP contribution in [0, 0.1) is 6.92 Å². The first-order chi connectivity index (χ1) is 11.7. The van der Waals surface area contributed by atoms with E-state index < -0.39 is 17.2 Å². The highest BCUT2D eigenvalue weighted by Crippen LogP contribution is 2.28. The standard InChI is InChI=1S/C18H12F3NO3/c1-10-2-4-11(5-3-10)14-15(17(24)16(14)23)22-12-6-8-13(9-7-12)25-18(19,20)21/h2-9,22H,1H3. The second-order valence-electron chi connectivity index (χ2n) is 5.47. The van der Waals surface area contributed by atoms with Gasteiger partial charge in [-0.2, -0.15) is 0 Å². The summed E-state index contributed by atoms with van der Waals surface area (Å²) in [5.41, 5.74) is 1.12. The van der Waals surface area contributed by atoms with Crippen LogP contribution in [0.4, 0.5) is 24.5 Å². The minimum atomic E-state index is -4.77. The van der Waals surface area contributed by atoms with Crippen molar-refractivity contribution < 1.29 is 17.9 Å². The first kappa shape index (κ1) is 16.8. The molecule has 3 aromatic carbocycles. The Labute approximate surface area is 140 Å². The number of rotatable bonds is 4. The van der Waals surface area contributed by atoms with Crippen molar-refractivity contribution in [2.75, 3.05) is 5.32 Å². The van der Waals surface area contributed by atoms with Crippen LogP contribution in [-0.2, 0) is 0 Å². The second kappa shape index (κ2) is 6.08. The molecule has 0 unspecified atom stereocenters. The molecule has 3 aromatic rings. The molecular weight excluding hydrogens is 335 g/mol. The average molecular weight is 347 g/mol. The smallest absolute Gasteiger partial charge is 0.406 e. The number of hydrogen-bond acceptors (Lipinski definition) is 4. The lowest BCUT2D eigenvalue weighted by Crippen LogP contribution is -2.35. The van der Waals surface area contributed by atoms with E-state index in [4.69, 9.17) is 0 Å². The Balaban J connectivity index is 1.85. The quantitative estimate of drug-likeness (QED) is 0.727. The van der Waals surface area contributed by atoms with Crippen molar-refractivity contribution >= 4 is 11.4 Å². The zero-order chi connectivity index (χ0) is 18.2. The predicted octanol–water partition coefficient (Wildman–Crippen LogP) is 3.90. The third-order valence-electron chi connectivity index (χ3n) is 3.61. The number of halogens is 3. The van der Waals surface area contributed by atoms with Gasteiger partial charge in [0.25, 0.3) is 5.43 Å². The van der Waals surface area contributed by atoms with Crippen molar-refractivity contribution in [2.24, 2.45) is 0 Å².